The molecule has 0 fully saturated rings. The summed E-state index contributed by atoms with van der Waals surface area (Å²) in [6.07, 6.45) is -0.290. The Balaban J connectivity index is 2.06. The van der Waals surface area contributed by atoms with Gasteiger partial charge in [0.05, 0.1) is 10.5 Å². The lowest BCUT2D eigenvalue weighted by atomic mass is 10.1. The SMILES string of the molecule is CC[C@H](C)NS(=O)(=O)c1ccc(C(=O)O[C@H](C)C(=O)c2ccc(C)cc2)cc1. The fourth-order valence-corrected chi connectivity index (χ4v) is 3.75. The number of ketones is 1. The Labute approximate surface area is 166 Å². The van der Waals surface area contributed by atoms with E-state index in [9.17, 15) is 18.0 Å². The number of aryl methyl sites for hydroxylation is 1. The maximum Gasteiger partial charge on any atom is 0.338 e. The number of hydrogen-bond donors (Lipinski definition) is 1. The van der Waals surface area contributed by atoms with E-state index in [1.165, 1.54) is 31.2 Å². The van der Waals surface area contributed by atoms with E-state index >= 15 is 0 Å². The van der Waals surface area contributed by atoms with Crippen LogP contribution in [0, 0.1) is 6.92 Å². The van der Waals surface area contributed by atoms with E-state index in [1.807, 2.05) is 26.0 Å². The van der Waals surface area contributed by atoms with E-state index in [2.05, 4.69) is 4.72 Å². The number of sulfonamides is 1. The first-order chi connectivity index (χ1) is 13.1. The topological polar surface area (TPSA) is 89.5 Å². The van der Waals surface area contributed by atoms with Crippen LogP contribution >= 0.6 is 0 Å². The molecule has 0 spiro atoms. The molecule has 0 saturated heterocycles. The van der Waals surface area contributed by atoms with Gasteiger partial charge in [0.15, 0.2) is 6.10 Å². The average molecular weight is 404 g/mol. The highest BCUT2D eigenvalue weighted by molar-refractivity contribution is 7.89. The van der Waals surface area contributed by atoms with Crippen LogP contribution in [0.3, 0.4) is 0 Å². The zero-order chi connectivity index (χ0) is 20.9. The number of carbonyl (C=O) groups is 2. The van der Waals surface area contributed by atoms with Crippen molar-refractivity contribution in [1.82, 2.24) is 4.72 Å². The molecule has 2 atom stereocenters. The zero-order valence-electron chi connectivity index (χ0n) is 16.4. The van der Waals surface area contributed by atoms with Crippen molar-refractivity contribution in [2.75, 3.05) is 0 Å². The molecule has 2 aromatic rings. The van der Waals surface area contributed by atoms with Crippen LogP contribution in [-0.4, -0.2) is 32.3 Å². The van der Waals surface area contributed by atoms with Gasteiger partial charge in [-0.1, -0.05) is 36.8 Å². The standard InChI is InChI=1S/C21H25NO5S/c1-5-15(3)22-28(25,26)19-12-10-18(11-13-19)21(24)27-16(4)20(23)17-8-6-14(2)7-9-17/h6-13,15-16,22H,5H2,1-4H3/t15-,16+/m0/s1. The highest BCUT2D eigenvalue weighted by Gasteiger charge is 2.21. The van der Waals surface area contributed by atoms with E-state index in [0.29, 0.717) is 12.0 Å². The molecule has 0 saturated carbocycles. The van der Waals surface area contributed by atoms with Gasteiger partial charge >= 0.3 is 5.97 Å². The molecule has 2 aromatic carbocycles. The summed E-state index contributed by atoms with van der Waals surface area (Å²) in [5, 5.41) is 0. The van der Waals surface area contributed by atoms with Crippen LogP contribution in [0.5, 0.6) is 0 Å². The highest BCUT2D eigenvalue weighted by atomic mass is 32.2. The van der Waals surface area contributed by atoms with E-state index in [1.54, 1.807) is 19.1 Å². The molecule has 150 valence electrons. The van der Waals surface area contributed by atoms with Crippen LogP contribution in [0.4, 0.5) is 0 Å². The van der Waals surface area contributed by atoms with Gasteiger partial charge in [-0.3, -0.25) is 4.79 Å². The maximum absolute atomic E-state index is 12.4. The first kappa shape index (κ1) is 21.8. The molecule has 7 heteroatoms. The summed E-state index contributed by atoms with van der Waals surface area (Å²) >= 11 is 0. The largest absolute Gasteiger partial charge is 0.451 e. The highest BCUT2D eigenvalue weighted by Crippen LogP contribution is 2.14. The Kier molecular flexibility index (Phi) is 7.10. The number of ether oxygens (including phenoxy) is 1. The van der Waals surface area contributed by atoms with Crippen molar-refractivity contribution in [3.8, 4) is 0 Å². The number of nitrogens with one attached hydrogen (secondary N) is 1. The van der Waals surface area contributed by atoms with Gasteiger partial charge in [-0.25, -0.2) is 17.9 Å². The second kappa shape index (κ2) is 9.12. The molecule has 0 bridgehead atoms. The summed E-state index contributed by atoms with van der Waals surface area (Å²) in [4.78, 5) is 24.7. The number of hydrogen-bond acceptors (Lipinski definition) is 5. The molecule has 0 aliphatic rings. The number of benzene rings is 2. The normalized spacial score (nSPS) is 13.6. The monoisotopic (exact) mass is 403 g/mol. The Morgan fingerprint density at radius 1 is 0.964 bits per heavy atom. The van der Waals surface area contributed by atoms with Gasteiger partial charge in [-0.15, -0.1) is 0 Å². The van der Waals surface area contributed by atoms with Crippen molar-refractivity contribution in [3.05, 3.63) is 65.2 Å². The molecule has 6 nitrogen and oxygen atoms in total. The number of carbonyl (C=O) groups excluding carboxylic acids is 2. The fraction of sp³-hybridized carbons (Fsp3) is 0.333. The maximum atomic E-state index is 12.4. The Bertz CT molecular complexity index is 934. The molecule has 1 N–H and O–H groups in total. The minimum Gasteiger partial charge on any atom is -0.451 e. The van der Waals surface area contributed by atoms with Crippen LogP contribution in [0.2, 0.25) is 0 Å². The molecule has 0 heterocycles. The summed E-state index contributed by atoms with van der Waals surface area (Å²) in [7, 11) is -3.65. The minimum atomic E-state index is -3.65. The summed E-state index contributed by atoms with van der Waals surface area (Å²) in [5.41, 5.74) is 1.66. The fourth-order valence-electron chi connectivity index (χ4n) is 2.42. The van der Waals surface area contributed by atoms with Crippen molar-refractivity contribution in [3.63, 3.8) is 0 Å². The van der Waals surface area contributed by atoms with E-state index in [4.69, 9.17) is 4.74 Å². The van der Waals surface area contributed by atoms with Crippen molar-refractivity contribution < 1.29 is 22.7 Å². The third-order valence-electron chi connectivity index (χ3n) is 4.36. The van der Waals surface area contributed by atoms with Crippen LogP contribution < -0.4 is 4.72 Å². The molecular weight excluding hydrogens is 378 g/mol. The van der Waals surface area contributed by atoms with Gasteiger partial charge in [-0.05, 0) is 51.5 Å². The molecule has 28 heavy (non-hydrogen) atoms. The Morgan fingerprint density at radius 3 is 2.04 bits per heavy atom. The summed E-state index contributed by atoms with van der Waals surface area (Å²) < 4.78 is 32.3. The average Bonchev–Trinajstić information content (AvgIpc) is 2.67. The molecule has 0 aromatic heterocycles. The predicted octanol–water partition coefficient (Wildman–Crippen LogP) is 3.50. The van der Waals surface area contributed by atoms with Gasteiger partial charge in [0, 0.05) is 11.6 Å². The number of Topliss-reactive ketones (excluding diaryl/α,β-unsaturated/α-hetero) is 1. The van der Waals surface area contributed by atoms with E-state index < -0.39 is 22.1 Å². The quantitative estimate of drug-likeness (QED) is 0.538. The Hall–Kier alpha value is -2.51. The predicted molar refractivity (Wildman–Crippen MR) is 107 cm³/mol. The summed E-state index contributed by atoms with van der Waals surface area (Å²) in [5.74, 6) is -0.989. The summed E-state index contributed by atoms with van der Waals surface area (Å²) in [6.45, 7) is 7.08. The number of rotatable bonds is 8. The van der Waals surface area contributed by atoms with Crippen molar-refractivity contribution in [1.29, 1.82) is 0 Å². The van der Waals surface area contributed by atoms with Gasteiger partial charge in [0.1, 0.15) is 0 Å². The zero-order valence-corrected chi connectivity index (χ0v) is 17.2. The third-order valence-corrected chi connectivity index (χ3v) is 5.96. The lowest BCUT2D eigenvalue weighted by Crippen LogP contribution is -2.32. The first-order valence-corrected chi connectivity index (χ1v) is 10.6. The first-order valence-electron chi connectivity index (χ1n) is 9.08. The molecule has 2 rings (SSSR count). The van der Waals surface area contributed by atoms with Gasteiger partial charge < -0.3 is 4.74 Å². The molecule has 0 aliphatic carbocycles. The molecular formula is C21H25NO5S. The van der Waals surface area contributed by atoms with Crippen molar-refractivity contribution in [2.45, 2.75) is 51.2 Å². The molecule has 0 unspecified atom stereocenters. The second-order valence-corrected chi connectivity index (χ2v) is 8.45. The lowest BCUT2D eigenvalue weighted by molar-refractivity contribution is 0.0318. The van der Waals surface area contributed by atoms with Crippen LogP contribution in [-0.2, 0) is 14.8 Å². The van der Waals surface area contributed by atoms with Gasteiger partial charge in [0.2, 0.25) is 15.8 Å². The van der Waals surface area contributed by atoms with Crippen molar-refractivity contribution in [2.24, 2.45) is 0 Å². The molecule has 0 amide bonds. The molecule has 0 radical (unpaired) electrons. The van der Waals surface area contributed by atoms with Gasteiger partial charge in [0.25, 0.3) is 0 Å². The number of esters is 1. The van der Waals surface area contributed by atoms with Crippen LogP contribution in [0.25, 0.3) is 0 Å². The molecule has 0 aliphatic heterocycles. The summed E-state index contributed by atoms with van der Waals surface area (Å²) in [6, 6.07) is 12.2. The van der Waals surface area contributed by atoms with Crippen LogP contribution in [0.1, 0.15) is 53.5 Å². The van der Waals surface area contributed by atoms with E-state index in [0.717, 1.165) is 5.56 Å². The van der Waals surface area contributed by atoms with Crippen LogP contribution in [0.15, 0.2) is 53.4 Å². The van der Waals surface area contributed by atoms with E-state index in [-0.39, 0.29) is 22.3 Å². The van der Waals surface area contributed by atoms with Gasteiger partial charge in [-0.2, -0.15) is 0 Å². The lowest BCUT2D eigenvalue weighted by Gasteiger charge is -2.14. The second-order valence-electron chi connectivity index (χ2n) is 6.73. The minimum absolute atomic E-state index is 0.0631. The van der Waals surface area contributed by atoms with Crippen molar-refractivity contribution >= 4 is 21.8 Å². The Morgan fingerprint density at radius 2 is 1.50 bits per heavy atom. The smallest absolute Gasteiger partial charge is 0.338 e. The third kappa shape index (κ3) is 5.50.